The molecule has 0 aromatic heterocycles. The van der Waals surface area contributed by atoms with E-state index in [0.29, 0.717) is 5.57 Å². The van der Waals surface area contributed by atoms with Gasteiger partial charge in [0.25, 0.3) is 0 Å². The molecule has 0 aromatic carbocycles. The zero-order valence-corrected chi connectivity index (χ0v) is 15.7. The molecule has 2 aliphatic carbocycles. The molecule has 2 aliphatic heterocycles. The highest BCUT2D eigenvalue weighted by Crippen LogP contribution is 2.70. The predicted octanol–water partition coefficient (Wildman–Crippen LogP) is 0.512. The van der Waals surface area contributed by atoms with Crippen LogP contribution >= 0.6 is 0 Å². The number of carbonyl (C=O) groups is 4. The number of rotatable bonds is 3. The Morgan fingerprint density at radius 1 is 1.26 bits per heavy atom. The lowest BCUT2D eigenvalue weighted by atomic mass is 9.51. The van der Waals surface area contributed by atoms with Gasteiger partial charge in [-0.1, -0.05) is 6.92 Å². The lowest BCUT2D eigenvalue weighted by Crippen LogP contribution is -2.67. The number of carbonyl (C=O) groups excluding carboxylic acids is 4. The maximum atomic E-state index is 13.1. The number of Topliss-reactive ketones (excluding diaryl/α,β-unsaturated/α-hetero) is 2. The summed E-state index contributed by atoms with van der Waals surface area (Å²) in [6.07, 6.45) is -0.975. The molecule has 8 heteroatoms. The Kier molecular flexibility index (Phi) is 3.72. The molecule has 2 saturated heterocycles. The van der Waals surface area contributed by atoms with Crippen LogP contribution in [0.4, 0.5) is 0 Å². The number of ether oxygens (including phenoxy) is 4. The van der Waals surface area contributed by atoms with Crippen LogP contribution in [0.25, 0.3) is 0 Å². The first kappa shape index (κ1) is 18.3. The molecule has 27 heavy (non-hydrogen) atoms. The molecule has 0 unspecified atom stereocenters. The molecule has 0 radical (unpaired) electrons. The minimum absolute atomic E-state index is 0.00660. The smallest absolute Gasteiger partial charge is 0.303 e. The van der Waals surface area contributed by atoms with Crippen molar-refractivity contribution < 1.29 is 38.1 Å². The van der Waals surface area contributed by atoms with Gasteiger partial charge in [-0.2, -0.15) is 0 Å². The van der Waals surface area contributed by atoms with E-state index in [0.717, 1.165) is 0 Å². The SMILES string of the molecule is CC(=O)OC[C@]12CC(=O)C(C)=C[C@H]1O[C@@H]1C(=O)[C@@H](OC(C)=O)[C@@]2(C)[C@@]12CO2. The fraction of sp³-hybridized carbons (Fsp3) is 0.684. The van der Waals surface area contributed by atoms with Crippen LogP contribution in [-0.2, 0) is 38.1 Å². The van der Waals surface area contributed by atoms with E-state index in [2.05, 4.69) is 0 Å². The molecule has 6 atom stereocenters. The Morgan fingerprint density at radius 2 is 1.93 bits per heavy atom. The van der Waals surface area contributed by atoms with Crippen LogP contribution in [0.1, 0.15) is 34.1 Å². The number of esters is 2. The van der Waals surface area contributed by atoms with Gasteiger partial charge in [0.05, 0.1) is 23.5 Å². The molecule has 2 heterocycles. The lowest BCUT2D eigenvalue weighted by molar-refractivity contribution is -0.231. The van der Waals surface area contributed by atoms with Crippen molar-refractivity contribution in [2.45, 2.75) is 58.0 Å². The number of epoxide rings is 1. The van der Waals surface area contributed by atoms with Gasteiger partial charge in [0.1, 0.15) is 12.2 Å². The van der Waals surface area contributed by atoms with Crippen molar-refractivity contribution in [3.05, 3.63) is 11.6 Å². The second-order valence-electron chi connectivity index (χ2n) is 8.10. The second-order valence-corrected chi connectivity index (χ2v) is 8.10. The average Bonchev–Trinajstić information content (AvgIpc) is 3.36. The van der Waals surface area contributed by atoms with Crippen molar-refractivity contribution in [1.29, 1.82) is 0 Å². The molecular weight excluding hydrogens is 356 g/mol. The van der Waals surface area contributed by atoms with Crippen molar-refractivity contribution in [3.63, 3.8) is 0 Å². The summed E-state index contributed by atoms with van der Waals surface area (Å²) in [4.78, 5) is 49.0. The molecule has 8 nitrogen and oxygen atoms in total. The molecule has 2 bridgehead atoms. The number of fused-ring (bicyclic) bond motifs is 2. The van der Waals surface area contributed by atoms with E-state index >= 15 is 0 Å². The molecule has 0 amide bonds. The number of allylic oxidation sites excluding steroid dienone is 1. The van der Waals surface area contributed by atoms with Gasteiger partial charge >= 0.3 is 11.9 Å². The van der Waals surface area contributed by atoms with E-state index in [-0.39, 0.29) is 31.2 Å². The highest BCUT2D eigenvalue weighted by molar-refractivity contribution is 5.99. The van der Waals surface area contributed by atoms with Gasteiger partial charge in [-0.05, 0) is 18.6 Å². The third-order valence-electron chi connectivity index (χ3n) is 6.79. The summed E-state index contributed by atoms with van der Waals surface area (Å²) in [6.45, 7) is 6.10. The average molecular weight is 378 g/mol. The van der Waals surface area contributed by atoms with Gasteiger partial charge < -0.3 is 18.9 Å². The summed E-state index contributed by atoms with van der Waals surface area (Å²) < 4.78 is 22.6. The third kappa shape index (κ3) is 2.11. The number of hydrogen-bond acceptors (Lipinski definition) is 8. The fourth-order valence-corrected chi connectivity index (χ4v) is 5.19. The number of ketones is 2. The molecule has 1 spiro atoms. The molecule has 4 rings (SSSR count). The highest BCUT2D eigenvalue weighted by atomic mass is 16.6. The summed E-state index contributed by atoms with van der Waals surface area (Å²) in [6, 6.07) is 0. The quantitative estimate of drug-likeness (QED) is 0.516. The molecule has 4 aliphatic rings. The van der Waals surface area contributed by atoms with E-state index in [1.54, 1.807) is 19.9 Å². The maximum absolute atomic E-state index is 13.1. The first-order chi connectivity index (χ1) is 12.6. The standard InChI is InChI=1S/C19H22O8/c1-9-5-13-18(6-12(9)22,7-24-10(2)20)17(4)15(26-11(3)21)14(23)16(27-13)19(17)8-25-19/h5,13,15-16H,6-8H2,1-4H3/t13-,15-,16-,17-,18-,19-/m1/s1. The Balaban J connectivity index is 1.91. The molecular formula is C19H22O8. The minimum atomic E-state index is -1.14. The van der Waals surface area contributed by atoms with Crippen LogP contribution < -0.4 is 0 Å². The van der Waals surface area contributed by atoms with Gasteiger partial charge in [-0.15, -0.1) is 0 Å². The van der Waals surface area contributed by atoms with Crippen molar-refractivity contribution >= 4 is 23.5 Å². The fourth-order valence-electron chi connectivity index (χ4n) is 5.19. The minimum Gasteiger partial charge on any atom is -0.465 e. The van der Waals surface area contributed by atoms with Crippen molar-refractivity contribution in [2.75, 3.05) is 13.2 Å². The molecule has 0 N–H and O–H groups in total. The first-order valence-corrected chi connectivity index (χ1v) is 8.94. The van der Waals surface area contributed by atoms with E-state index < -0.39 is 46.7 Å². The normalized spacial score (nSPS) is 44.6. The predicted molar refractivity (Wildman–Crippen MR) is 88.5 cm³/mol. The van der Waals surface area contributed by atoms with Gasteiger partial charge in [-0.3, -0.25) is 19.2 Å². The van der Waals surface area contributed by atoms with Crippen LogP contribution in [0, 0.1) is 10.8 Å². The zero-order chi connectivity index (χ0) is 19.8. The first-order valence-electron chi connectivity index (χ1n) is 8.94. The maximum Gasteiger partial charge on any atom is 0.303 e. The summed E-state index contributed by atoms with van der Waals surface area (Å²) >= 11 is 0. The monoisotopic (exact) mass is 378 g/mol. The van der Waals surface area contributed by atoms with Crippen LogP contribution in [0.15, 0.2) is 11.6 Å². The highest BCUT2D eigenvalue weighted by Gasteiger charge is 2.86. The Hall–Kier alpha value is -2.06. The summed E-state index contributed by atoms with van der Waals surface area (Å²) in [5.41, 5.74) is -2.60. The van der Waals surface area contributed by atoms with Gasteiger partial charge in [0, 0.05) is 20.3 Å². The molecule has 1 saturated carbocycles. The van der Waals surface area contributed by atoms with Crippen LogP contribution in [-0.4, -0.2) is 60.6 Å². The van der Waals surface area contributed by atoms with Crippen LogP contribution in [0.2, 0.25) is 0 Å². The molecule has 146 valence electrons. The van der Waals surface area contributed by atoms with Gasteiger partial charge in [0.15, 0.2) is 18.0 Å². The summed E-state index contributed by atoms with van der Waals surface area (Å²) in [5, 5.41) is 0. The third-order valence-corrected chi connectivity index (χ3v) is 6.79. The van der Waals surface area contributed by atoms with E-state index in [4.69, 9.17) is 18.9 Å². The van der Waals surface area contributed by atoms with Crippen molar-refractivity contribution in [1.82, 2.24) is 0 Å². The Morgan fingerprint density at radius 3 is 2.48 bits per heavy atom. The largest absolute Gasteiger partial charge is 0.465 e. The lowest BCUT2D eigenvalue weighted by Gasteiger charge is -2.57. The van der Waals surface area contributed by atoms with E-state index in [9.17, 15) is 19.2 Å². The Bertz CT molecular complexity index is 794. The van der Waals surface area contributed by atoms with E-state index in [1.165, 1.54) is 13.8 Å². The summed E-state index contributed by atoms with van der Waals surface area (Å²) in [7, 11) is 0. The Labute approximate surface area is 156 Å². The van der Waals surface area contributed by atoms with Crippen LogP contribution in [0.5, 0.6) is 0 Å². The zero-order valence-electron chi connectivity index (χ0n) is 15.7. The number of hydrogen-bond donors (Lipinski definition) is 0. The molecule has 0 aromatic rings. The van der Waals surface area contributed by atoms with Crippen molar-refractivity contribution in [3.8, 4) is 0 Å². The van der Waals surface area contributed by atoms with E-state index in [1.807, 2.05) is 0 Å². The van der Waals surface area contributed by atoms with Crippen LogP contribution in [0.3, 0.4) is 0 Å². The topological polar surface area (TPSA) is 109 Å². The second kappa shape index (κ2) is 5.48. The van der Waals surface area contributed by atoms with Crippen molar-refractivity contribution in [2.24, 2.45) is 10.8 Å². The van der Waals surface area contributed by atoms with Gasteiger partial charge in [0.2, 0.25) is 5.78 Å². The van der Waals surface area contributed by atoms with Gasteiger partial charge in [-0.25, -0.2) is 0 Å². The summed E-state index contributed by atoms with van der Waals surface area (Å²) in [5.74, 6) is -1.61. The molecule has 3 fully saturated rings.